The van der Waals surface area contributed by atoms with E-state index >= 15 is 0 Å². The highest BCUT2D eigenvalue weighted by Crippen LogP contribution is 2.33. The summed E-state index contributed by atoms with van der Waals surface area (Å²) in [6.07, 6.45) is 7.11. The van der Waals surface area contributed by atoms with E-state index in [2.05, 4.69) is 29.1 Å². The Morgan fingerprint density at radius 3 is 2.25 bits per heavy atom. The summed E-state index contributed by atoms with van der Waals surface area (Å²) in [5.41, 5.74) is 0.870. The lowest BCUT2D eigenvalue weighted by atomic mass is 9.85. The molecular formula is C12H21N3O. The number of nitrogens with zero attached hydrogens (tertiary/aromatic N) is 2. The molecule has 0 fully saturated rings. The monoisotopic (exact) mass is 223 g/mol. The van der Waals surface area contributed by atoms with Gasteiger partial charge >= 0.3 is 0 Å². The largest absolute Gasteiger partial charge is 0.376 e. The Kier molecular flexibility index (Phi) is 4.83. The van der Waals surface area contributed by atoms with E-state index in [0.717, 1.165) is 18.4 Å². The maximum Gasteiger partial charge on any atom is 0.115 e. The number of hydrogen-bond acceptors (Lipinski definition) is 4. The molecular weight excluding hydrogens is 202 g/mol. The molecule has 1 aromatic rings. The van der Waals surface area contributed by atoms with Crippen molar-refractivity contribution >= 4 is 0 Å². The third-order valence-corrected chi connectivity index (χ3v) is 3.33. The number of likely N-dealkylation sites (N-methyl/N-ethyl adjacent to an activating group) is 1. The van der Waals surface area contributed by atoms with E-state index in [1.165, 1.54) is 0 Å². The molecule has 1 rings (SSSR count). The SMILES string of the molecule is CCC(CC)(OC)C(NC)c1cncnc1. The molecule has 0 bridgehead atoms. The van der Waals surface area contributed by atoms with Crippen molar-refractivity contribution in [2.45, 2.75) is 38.3 Å². The van der Waals surface area contributed by atoms with Gasteiger partial charge in [0.25, 0.3) is 0 Å². The summed E-state index contributed by atoms with van der Waals surface area (Å²) in [5, 5.41) is 3.31. The van der Waals surface area contributed by atoms with Gasteiger partial charge < -0.3 is 10.1 Å². The van der Waals surface area contributed by atoms with Gasteiger partial charge in [0.15, 0.2) is 0 Å². The highest BCUT2D eigenvalue weighted by atomic mass is 16.5. The first-order valence-electron chi connectivity index (χ1n) is 5.71. The van der Waals surface area contributed by atoms with E-state index in [1.807, 2.05) is 19.4 Å². The molecule has 0 aliphatic heterocycles. The standard InChI is InChI=1S/C12H21N3O/c1-5-12(6-2,16-4)11(13-3)10-7-14-9-15-8-10/h7-9,11,13H,5-6H2,1-4H3. The van der Waals surface area contributed by atoms with Crippen LogP contribution in [0.3, 0.4) is 0 Å². The number of methoxy groups -OCH3 is 1. The zero-order valence-corrected chi connectivity index (χ0v) is 10.5. The van der Waals surface area contributed by atoms with Gasteiger partial charge in [-0.3, -0.25) is 0 Å². The van der Waals surface area contributed by atoms with Crippen LogP contribution in [-0.4, -0.2) is 29.7 Å². The summed E-state index contributed by atoms with van der Waals surface area (Å²) in [6, 6.07) is 0.119. The summed E-state index contributed by atoms with van der Waals surface area (Å²) < 4.78 is 5.73. The lowest BCUT2D eigenvalue weighted by molar-refractivity contribution is -0.0469. The number of ether oxygens (including phenoxy) is 1. The molecule has 0 aliphatic carbocycles. The van der Waals surface area contributed by atoms with Gasteiger partial charge in [0.05, 0.1) is 11.6 Å². The van der Waals surface area contributed by atoms with Crippen LogP contribution in [0.2, 0.25) is 0 Å². The zero-order valence-electron chi connectivity index (χ0n) is 10.5. The van der Waals surface area contributed by atoms with Gasteiger partial charge in [0, 0.05) is 25.1 Å². The van der Waals surface area contributed by atoms with Crippen molar-refractivity contribution in [3.05, 3.63) is 24.3 Å². The van der Waals surface area contributed by atoms with Gasteiger partial charge in [-0.1, -0.05) is 13.8 Å². The first kappa shape index (κ1) is 13.1. The van der Waals surface area contributed by atoms with Crippen molar-refractivity contribution in [3.63, 3.8) is 0 Å². The minimum atomic E-state index is -0.195. The van der Waals surface area contributed by atoms with E-state index in [4.69, 9.17) is 4.74 Å². The average Bonchev–Trinajstić information content (AvgIpc) is 2.37. The molecule has 0 aliphatic rings. The molecule has 1 aromatic heterocycles. The maximum absolute atomic E-state index is 5.73. The van der Waals surface area contributed by atoms with E-state index in [1.54, 1.807) is 13.4 Å². The Morgan fingerprint density at radius 1 is 1.31 bits per heavy atom. The molecule has 4 nitrogen and oxygen atoms in total. The third kappa shape index (κ3) is 2.39. The first-order chi connectivity index (χ1) is 7.74. The fourth-order valence-corrected chi connectivity index (χ4v) is 2.26. The molecule has 0 saturated heterocycles. The fourth-order valence-electron chi connectivity index (χ4n) is 2.26. The topological polar surface area (TPSA) is 47.0 Å². The highest BCUT2D eigenvalue weighted by Gasteiger charge is 2.36. The van der Waals surface area contributed by atoms with Crippen LogP contribution in [0.5, 0.6) is 0 Å². The highest BCUT2D eigenvalue weighted by molar-refractivity contribution is 5.15. The van der Waals surface area contributed by atoms with Gasteiger partial charge in [-0.05, 0) is 19.9 Å². The Labute approximate surface area is 97.5 Å². The summed E-state index contributed by atoms with van der Waals surface area (Å²) >= 11 is 0. The molecule has 0 amide bonds. The smallest absolute Gasteiger partial charge is 0.115 e. The predicted octanol–water partition coefficient (Wildman–Crippen LogP) is 1.94. The molecule has 0 spiro atoms. The number of rotatable bonds is 6. The van der Waals surface area contributed by atoms with Gasteiger partial charge in [-0.15, -0.1) is 0 Å². The Morgan fingerprint density at radius 2 is 1.88 bits per heavy atom. The zero-order chi connectivity index (χ0) is 12.0. The van der Waals surface area contributed by atoms with Crippen LogP contribution < -0.4 is 5.32 Å². The van der Waals surface area contributed by atoms with Crippen LogP contribution in [0, 0.1) is 0 Å². The van der Waals surface area contributed by atoms with E-state index in [0.29, 0.717) is 0 Å². The van der Waals surface area contributed by atoms with Crippen LogP contribution in [0.1, 0.15) is 38.3 Å². The lowest BCUT2D eigenvalue weighted by Crippen LogP contribution is -2.43. The number of aromatic nitrogens is 2. The number of hydrogen-bond donors (Lipinski definition) is 1. The summed E-state index contributed by atoms with van der Waals surface area (Å²) in [6.45, 7) is 4.28. The van der Waals surface area contributed by atoms with Crippen LogP contribution in [-0.2, 0) is 4.74 Å². The molecule has 1 atom stereocenters. The van der Waals surface area contributed by atoms with E-state index in [9.17, 15) is 0 Å². The maximum atomic E-state index is 5.73. The Bertz CT molecular complexity index is 290. The summed E-state index contributed by atoms with van der Waals surface area (Å²) in [4.78, 5) is 8.13. The fraction of sp³-hybridized carbons (Fsp3) is 0.667. The second kappa shape index (κ2) is 5.92. The Balaban J connectivity index is 3.05. The van der Waals surface area contributed by atoms with Crippen LogP contribution >= 0.6 is 0 Å². The minimum Gasteiger partial charge on any atom is -0.376 e. The Hall–Kier alpha value is -1.00. The molecule has 0 aromatic carbocycles. The number of nitrogens with one attached hydrogen (secondary N) is 1. The van der Waals surface area contributed by atoms with Crippen molar-refractivity contribution in [1.82, 2.24) is 15.3 Å². The van der Waals surface area contributed by atoms with Crippen molar-refractivity contribution in [2.75, 3.05) is 14.2 Å². The summed E-state index contributed by atoms with van der Waals surface area (Å²) in [7, 11) is 3.71. The van der Waals surface area contributed by atoms with Crippen LogP contribution in [0.15, 0.2) is 18.7 Å². The summed E-state index contributed by atoms with van der Waals surface area (Å²) in [5.74, 6) is 0. The van der Waals surface area contributed by atoms with Crippen LogP contribution in [0.25, 0.3) is 0 Å². The third-order valence-electron chi connectivity index (χ3n) is 3.33. The normalized spacial score (nSPS) is 13.8. The van der Waals surface area contributed by atoms with Crippen molar-refractivity contribution in [3.8, 4) is 0 Å². The lowest BCUT2D eigenvalue weighted by Gasteiger charge is -2.38. The van der Waals surface area contributed by atoms with Crippen LogP contribution in [0.4, 0.5) is 0 Å². The molecule has 90 valence electrons. The van der Waals surface area contributed by atoms with Crippen molar-refractivity contribution in [2.24, 2.45) is 0 Å². The average molecular weight is 223 g/mol. The van der Waals surface area contributed by atoms with Crippen molar-refractivity contribution in [1.29, 1.82) is 0 Å². The molecule has 16 heavy (non-hydrogen) atoms. The first-order valence-corrected chi connectivity index (χ1v) is 5.71. The molecule has 1 unspecified atom stereocenters. The minimum absolute atomic E-state index is 0.119. The molecule has 4 heteroatoms. The molecule has 0 radical (unpaired) electrons. The van der Waals surface area contributed by atoms with Crippen molar-refractivity contribution < 1.29 is 4.74 Å². The van der Waals surface area contributed by atoms with Gasteiger partial charge in [-0.25, -0.2) is 9.97 Å². The molecule has 1 heterocycles. The van der Waals surface area contributed by atoms with Gasteiger partial charge in [0.1, 0.15) is 6.33 Å². The van der Waals surface area contributed by atoms with Gasteiger partial charge in [0.2, 0.25) is 0 Å². The predicted molar refractivity (Wildman–Crippen MR) is 64.2 cm³/mol. The quantitative estimate of drug-likeness (QED) is 0.800. The van der Waals surface area contributed by atoms with E-state index in [-0.39, 0.29) is 11.6 Å². The van der Waals surface area contributed by atoms with E-state index < -0.39 is 0 Å². The molecule has 1 N–H and O–H groups in total. The second-order valence-corrected chi connectivity index (χ2v) is 3.87. The second-order valence-electron chi connectivity index (χ2n) is 3.87. The molecule has 0 saturated carbocycles. The van der Waals surface area contributed by atoms with Gasteiger partial charge in [-0.2, -0.15) is 0 Å².